The number of aromatic amines is 1. The largest absolute Gasteiger partial charge is 0.390 e. The number of carbonyl (C=O) groups is 1. The highest BCUT2D eigenvalue weighted by atomic mass is 32.1. The van der Waals surface area contributed by atoms with Crippen LogP contribution >= 0.6 is 11.3 Å². The van der Waals surface area contributed by atoms with Crippen molar-refractivity contribution in [2.45, 2.75) is 25.4 Å². The van der Waals surface area contributed by atoms with Crippen LogP contribution in [0.15, 0.2) is 34.6 Å². The minimum Gasteiger partial charge on any atom is -0.390 e. The zero-order valence-electron chi connectivity index (χ0n) is 14.2. The molecular formula is C18H18N4O3S. The molecule has 1 aliphatic heterocycles. The van der Waals surface area contributed by atoms with Crippen molar-refractivity contribution in [2.24, 2.45) is 0 Å². The van der Waals surface area contributed by atoms with Crippen LogP contribution < -0.4 is 5.56 Å². The monoisotopic (exact) mass is 370 g/mol. The molecule has 8 heteroatoms. The number of hydrogen-bond acceptors (Lipinski definition) is 6. The number of piperidine rings is 1. The standard InChI is InChI=1S/C18H18N4O3S/c1-18(25)5-8-22(9-6-18)17(24)11-10-26-14-13(11)20-15(21-16(14)23)12-4-2-3-7-19-12/h2-4,7,10,25H,5-6,8-9H2,1H3,(H,20,21,23). The molecule has 4 heterocycles. The van der Waals surface area contributed by atoms with E-state index in [4.69, 9.17) is 0 Å². The van der Waals surface area contributed by atoms with E-state index in [-0.39, 0.29) is 11.5 Å². The summed E-state index contributed by atoms with van der Waals surface area (Å²) in [4.78, 5) is 38.5. The highest BCUT2D eigenvalue weighted by molar-refractivity contribution is 7.17. The Morgan fingerprint density at radius 3 is 2.81 bits per heavy atom. The topological polar surface area (TPSA) is 99.2 Å². The van der Waals surface area contributed by atoms with Gasteiger partial charge in [-0.2, -0.15) is 0 Å². The molecule has 0 spiro atoms. The molecule has 1 amide bonds. The lowest BCUT2D eigenvalue weighted by Gasteiger charge is -2.35. The number of H-pyrrole nitrogens is 1. The van der Waals surface area contributed by atoms with Gasteiger partial charge in [0.25, 0.3) is 11.5 Å². The molecule has 0 unspecified atom stereocenters. The lowest BCUT2D eigenvalue weighted by molar-refractivity contribution is -0.00195. The van der Waals surface area contributed by atoms with Crippen molar-refractivity contribution in [2.75, 3.05) is 13.1 Å². The Bertz CT molecular complexity index is 1020. The summed E-state index contributed by atoms with van der Waals surface area (Å²) in [5.74, 6) is 0.189. The number of likely N-dealkylation sites (tertiary alicyclic amines) is 1. The SMILES string of the molecule is CC1(O)CCN(C(=O)c2csc3c(=O)[nH]c(-c4ccccn4)nc23)CC1. The molecule has 3 aromatic rings. The van der Waals surface area contributed by atoms with Crippen molar-refractivity contribution in [1.29, 1.82) is 0 Å². The predicted octanol–water partition coefficient (Wildman–Crippen LogP) is 2.03. The molecule has 26 heavy (non-hydrogen) atoms. The number of nitrogens with one attached hydrogen (secondary N) is 1. The zero-order chi connectivity index (χ0) is 18.3. The number of thiophene rings is 1. The number of hydrogen-bond donors (Lipinski definition) is 2. The first-order chi connectivity index (χ1) is 12.4. The Labute approximate surface area is 153 Å². The minimum atomic E-state index is -0.727. The van der Waals surface area contributed by atoms with Crippen LogP contribution in [0.25, 0.3) is 21.7 Å². The summed E-state index contributed by atoms with van der Waals surface area (Å²) < 4.78 is 0.428. The van der Waals surface area contributed by atoms with Crippen LogP contribution in [0.1, 0.15) is 30.1 Å². The molecule has 4 rings (SSSR count). The smallest absolute Gasteiger partial charge is 0.269 e. The number of pyridine rings is 1. The molecule has 0 bridgehead atoms. The number of amides is 1. The van der Waals surface area contributed by atoms with Crippen LogP contribution in [0.4, 0.5) is 0 Å². The van der Waals surface area contributed by atoms with Crippen molar-refractivity contribution in [3.63, 3.8) is 0 Å². The number of aliphatic hydroxyl groups is 1. The average molecular weight is 370 g/mol. The molecule has 0 atom stereocenters. The van der Waals surface area contributed by atoms with Gasteiger partial charge in [-0.1, -0.05) is 6.07 Å². The average Bonchev–Trinajstić information content (AvgIpc) is 3.06. The summed E-state index contributed by atoms with van der Waals surface area (Å²) in [5, 5.41) is 11.8. The highest BCUT2D eigenvalue weighted by Gasteiger charge is 2.31. The van der Waals surface area contributed by atoms with Gasteiger partial charge in [-0.15, -0.1) is 11.3 Å². The van der Waals surface area contributed by atoms with Crippen LogP contribution in [0.3, 0.4) is 0 Å². The van der Waals surface area contributed by atoms with Gasteiger partial charge in [-0.25, -0.2) is 4.98 Å². The van der Waals surface area contributed by atoms with Crippen molar-refractivity contribution < 1.29 is 9.90 Å². The molecule has 1 fully saturated rings. The summed E-state index contributed by atoms with van der Waals surface area (Å²) in [7, 11) is 0. The fourth-order valence-electron chi connectivity index (χ4n) is 3.07. The van der Waals surface area contributed by atoms with Gasteiger partial charge >= 0.3 is 0 Å². The third-order valence-electron chi connectivity index (χ3n) is 4.69. The summed E-state index contributed by atoms with van der Waals surface area (Å²) in [6, 6.07) is 5.35. The second kappa shape index (κ2) is 6.30. The minimum absolute atomic E-state index is 0.156. The van der Waals surface area contributed by atoms with Crippen LogP contribution in [0, 0.1) is 0 Å². The second-order valence-electron chi connectivity index (χ2n) is 6.75. The van der Waals surface area contributed by atoms with E-state index in [0.717, 1.165) is 0 Å². The summed E-state index contributed by atoms with van der Waals surface area (Å²) in [6.45, 7) is 2.76. The maximum absolute atomic E-state index is 12.9. The van der Waals surface area contributed by atoms with Gasteiger partial charge < -0.3 is 15.0 Å². The Hall–Kier alpha value is -2.58. The number of carbonyl (C=O) groups excluding carboxylic acids is 1. The first-order valence-corrected chi connectivity index (χ1v) is 9.27. The Balaban J connectivity index is 1.73. The maximum Gasteiger partial charge on any atom is 0.269 e. The number of fused-ring (bicyclic) bond motifs is 1. The summed E-state index contributed by atoms with van der Waals surface area (Å²) in [5.41, 5.74) is 0.373. The van der Waals surface area contributed by atoms with Crippen LogP contribution in [0.5, 0.6) is 0 Å². The fraction of sp³-hybridized carbons (Fsp3) is 0.333. The second-order valence-corrected chi connectivity index (χ2v) is 7.63. The van der Waals surface area contributed by atoms with Crippen molar-refractivity contribution in [1.82, 2.24) is 19.9 Å². The van der Waals surface area contributed by atoms with Gasteiger partial charge in [0.05, 0.1) is 11.2 Å². The first kappa shape index (κ1) is 16.9. The van der Waals surface area contributed by atoms with Gasteiger partial charge in [-0.05, 0) is 31.9 Å². The van der Waals surface area contributed by atoms with E-state index in [0.29, 0.717) is 53.2 Å². The lowest BCUT2D eigenvalue weighted by atomic mass is 9.93. The van der Waals surface area contributed by atoms with E-state index >= 15 is 0 Å². The van der Waals surface area contributed by atoms with E-state index in [1.165, 1.54) is 11.3 Å². The van der Waals surface area contributed by atoms with E-state index in [9.17, 15) is 14.7 Å². The van der Waals surface area contributed by atoms with Crippen LogP contribution in [0.2, 0.25) is 0 Å². The molecule has 134 valence electrons. The molecule has 0 radical (unpaired) electrons. The maximum atomic E-state index is 12.9. The van der Waals surface area contributed by atoms with Gasteiger partial charge in [0.2, 0.25) is 0 Å². The number of aromatic nitrogens is 3. The van der Waals surface area contributed by atoms with Gasteiger partial charge in [-0.3, -0.25) is 14.6 Å². The van der Waals surface area contributed by atoms with Gasteiger partial charge in [0.15, 0.2) is 5.82 Å². The van der Waals surface area contributed by atoms with Crippen LogP contribution in [-0.2, 0) is 0 Å². The lowest BCUT2D eigenvalue weighted by Crippen LogP contribution is -2.45. The quantitative estimate of drug-likeness (QED) is 0.719. The number of rotatable bonds is 2. The van der Waals surface area contributed by atoms with Crippen LogP contribution in [-0.4, -0.2) is 49.6 Å². The highest BCUT2D eigenvalue weighted by Crippen LogP contribution is 2.27. The molecule has 0 saturated carbocycles. The van der Waals surface area contributed by atoms with Gasteiger partial charge in [0.1, 0.15) is 15.9 Å². The molecule has 7 nitrogen and oxygen atoms in total. The molecule has 0 aromatic carbocycles. The van der Waals surface area contributed by atoms with E-state index in [1.807, 2.05) is 6.07 Å². The Morgan fingerprint density at radius 1 is 1.35 bits per heavy atom. The summed E-state index contributed by atoms with van der Waals surface area (Å²) in [6.07, 6.45) is 2.70. The Kier molecular flexibility index (Phi) is 4.08. The van der Waals surface area contributed by atoms with E-state index in [1.54, 1.807) is 35.5 Å². The number of nitrogens with zero attached hydrogens (tertiary/aromatic N) is 3. The van der Waals surface area contributed by atoms with Crippen molar-refractivity contribution in [3.8, 4) is 11.5 Å². The third-order valence-corrected chi connectivity index (χ3v) is 5.66. The predicted molar refractivity (Wildman–Crippen MR) is 99.2 cm³/mol. The van der Waals surface area contributed by atoms with Crippen molar-refractivity contribution >= 4 is 27.5 Å². The molecule has 1 saturated heterocycles. The normalized spacial score (nSPS) is 16.8. The molecule has 0 aliphatic carbocycles. The van der Waals surface area contributed by atoms with Crippen molar-refractivity contribution in [3.05, 3.63) is 45.7 Å². The molecular weight excluding hydrogens is 352 g/mol. The molecule has 3 aromatic heterocycles. The molecule has 2 N–H and O–H groups in total. The third kappa shape index (κ3) is 3.02. The van der Waals surface area contributed by atoms with E-state index in [2.05, 4.69) is 15.0 Å². The van der Waals surface area contributed by atoms with Gasteiger partial charge in [0, 0.05) is 24.7 Å². The summed E-state index contributed by atoms with van der Waals surface area (Å²) >= 11 is 1.21. The molecule has 1 aliphatic rings. The Morgan fingerprint density at radius 2 is 2.12 bits per heavy atom. The zero-order valence-corrected chi connectivity index (χ0v) is 15.0. The van der Waals surface area contributed by atoms with E-state index < -0.39 is 5.60 Å². The fourth-order valence-corrected chi connectivity index (χ4v) is 3.94. The first-order valence-electron chi connectivity index (χ1n) is 8.39.